The monoisotopic (exact) mass is 345 g/mol. The average Bonchev–Trinajstić information content (AvgIpc) is 2.61. The van der Waals surface area contributed by atoms with E-state index in [0.29, 0.717) is 23.4 Å². The van der Waals surface area contributed by atoms with Crippen molar-refractivity contribution in [2.45, 2.75) is 68.8 Å². The topological polar surface area (TPSA) is 49.7 Å². The van der Waals surface area contributed by atoms with Crippen LogP contribution >= 0.6 is 11.8 Å². The SMILES string of the molecule is CSc1cc2c(cc1N=O)CCC1C2CCC2(C)C(O)CCCC12. The average molecular weight is 346 g/mol. The van der Waals surface area contributed by atoms with Crippen molar-refractivity contribution in [1.29, 1.82) is 0 Å². The van der Waals surface area contributed by atoms with Crippen molar-refractivity contribution in [3.63, 3.8) is 0 Å². The Morgan fingerprint density at radius 3 is 2.83 bits per heavy atom. The second-order valence-corrected chi connectivity index (χ2v) is 9.07. The minimum Gasteiger partial charge on any atom is -0.393 e. The molecule has 5 unspecified atom stereocenters. The first-order chi connectivity index (χ1) is 11.6. The third-order valence-corrected chi connectivity index (χ3v) is 8.08. The Morgan fingerprint density at radius 2 is 2.08 bits per heavy atom. The van der Waals surface area contributed by atoms with Gasteiger partial charge in [0.15, 0.2) is 0 Å². The quantitative estimate of drug-likeness (QED) is 0.575. The van der Waals surface area contributed by atoms with E-state index in [9.17, 15) is 10.0 Å². The van der Waals surface area contributed by atoms with E-state index in [0.717, 1.165) is 24.2 Å². The normalized spacial score (nSPS) is 38.0. The van der Waals surface area contributed by atoms with Crippen LogP contribution in [0.15, 0.2) is 22.2 Å². The molecular formula is C20H27NO2S. The minimum absolute atomic E-state index is 0.115. The molecule has 1 N–H and O–H groups in total. The van der Waals surface area contributed by atoms with Gasteiger partial charge < -0.3 is 5.11 Å². The molecule has 130 valence electrons. The Morgan fingerprint density at radius 1 is 1.25 bits per heavy atom. The third kappa shape index (κ3) is 2.37. The fraction of sp³-hybridized carbons (Fsp3) is 0.700. The fourth-order valence-electron chi connectivity index (χ4n) is 5.99. The van der Waals surface area contributed by atoms with Gasteiger partial charge in [-0.25, -0.2) is 0 Å². The number of nitrogens with zero attached hydrogens (tertiary/aromatic N) is 1. The molecule has 2 saturated carbocycles. The Bertz CT molecular complexity index is 661. The molecule has 1 aromatic carbocycles. The van der Waals surface area contributed by atoms with E-state index in [-0.39, 0.29) is 11.5 Å². The zero-order chi connectivity index (χ0) is 16.9. The van der Waals surface area contributed by atoms with Crippen LogP contribution in [0.5, 0.6) is 0 Å². The summed E-state index contributed by atoms with van der Waals surface area (Å²) in [6, 6.07) is 4.28. The molecule has 0 saturated heterocycles. The summed E-state index contributed by atoms with van der Waals surface area (Å²) in [5.74, 6) is 1.94. The number of aryl methyl sites for hydroxylation is 1. The summed E-state index contributed by atoms with van der Waals surface area (Å²) >= 11 is 1.62. The summed E-state index contributed by atoms with van der Waals surface area (Å²) in [5, 5.41) is 13.9. The van der Waals surface area contributed by atoms with Crippen molar-refractivity contribution in [2.24, 2.45) is 22.4 Å². The summed E-state index contributed by atoms with van der Waals surface area (Å²) in [5.41, 5.74) is 3.52. The van der Waals surface area contributed by atoms with Crippen LogP contribution in [0.4, 0.5) is 5.69 Å². The molecule has 3 aliphatic carbocycles. The number of aliphatic hydroxyl groups is 1. The van der Waals surface area contributed by atoms with Crippen LogP contribution in [0.25, 0.3) is 0 Å². The Balaban J connectivity index is 1.72. The number of rotatable bonds is 2. The van der Waals surface area contributed by atoms with Crippen molar-refractivity contribution in [3.05, 3.63) is 28.2 Å². The molecule has 4 heteroatoms. The molecule has 0 heterocycles. The number of nitroso groups, excluding NO2 is 1. The van der Waals surface area contributed by atoms with Gasteiger partial charge in [0.2, 0.25) is 0 Å². The highest BCUT2D eigenvalue weighted by Crippen LogP contribution is 2.60. The highest BCUT2D eigenvalue weighted by atomic mass is 32.2. The second-order valence-electron chi connectivity index (χ2n) is 8.22. The van der Waals surface area contributed by atoms with E-state index in [4.69, 9.17) is 0 Å². The zero-order valence-corrected chi connectivity index (χ0v) is 15.4. The molecule has 4 rings (SSSR count). The molecule has 0 radical (unpaired) electrons. The van der Waals surface area contributed by atoms with E-state index in [1.807, 2.05) is 12.3 Å². The number of hydrogen-bond donors (Lipinski definition) is 1. The van der Waals surface area contributed by atoms with Crippen molar-refractivity contribution < 1.29 is 5.11 Å². The van der Waals surface area contributed by atoms with E-state index >= 15 is 0 Å². The van der Waals surface area contributed by atoms with E-state index in [2.05, 4.69) is 18.2 Å². The van der Waals surface area contributed by atoms with Crippen molar-refractivity contribution in [1.82, 2.24) is 0 Å². The predicted molar refractivity (Wildman–Crippen MR) is 98.9 cm³/mol. The van der Waals surface area contributed by atoms with E-state index in [1.165, 1.54) is 36.8 Å². The van der Waals surface area contributed by atoms with Crippen LogP contribution in [0.2, 0.25) is 0 Å². The van der Waals surface area contributed by atoms with Gasteiger partial charge in [-0.2, -0.15) is 0 Å². The third-order valence-electron chi connectivity index (χ3n) is 7.31. The van der Waals surface area contributed by atoms with Gasteiger partial charge in [-0.15, -0.1) is 16.7 Å². The standard InChI is InChI=1S/C20H27NO2S/c1-20-9-8-13-14(16(20)4-3-5-19(20)22)7-6-12-10-17(21-23)18(24-2)11-15(12)13/h10-11,13-14,16,19,22H,3-9H2,1-2H3. The predicted octanol–water partition coefficient (Wildman–Crippen LogP) is 5.41. The maximum atomic E-state index is 11.1. The van der Waals surface area contributed by atoms with Crippen molar-refractivity contribution in [3.8, 4) is 0 Å². The summed E-state index contributed by atoms with van der Waals surface area (Å²) in [6.07, 6.45) is 9.86. The van der Waals surface area contributed by atoms with Gasteiger partial charge in [0, 0.05) is 4.90 Å². The van der Waals surface area contributed by atoms with Gasteiger partial charge in [-0.05, 0) is 96.4 Å². The highest BCUT2D eigenvalue weighted by molar-refractivity contribution is 7.98. The lowest BCUT2D eigenvalue weighted by Crippen LogP contribution is -2.51. The van der Waals surface area contributed by atoms with Crippen LogP contribution in [0.1, 0.15) is 62.5 Å². The van der Waals surface area contributed by atoms with Crippen LogP contribution < -0.4 is 0 Å². The first kappa shape index (κ1) is 16.6. The number of aliphatic hydroxyl groups excluding tert-OH is 1. The molecule has 0 aromatic heterocycles. The summed E-state index contributed by atoms with van der Waals surface area (Å²) in [4.78, 5) is 12.1. The second kappa shape index (κ2) is 6.14. The maximum Gasteiger partial charge on any atom is 0.121 e. The molecule has 0 bridgehead atoms. The fourth-order valence-corrected chi connectivity index (χ4v) is 6.54. The lowest BCUT2D eigenvalue weighted by Gasteiger charge is -2.56. The van der Waals surface area contributed by atoms with E-state index in [1.54, 1.807) is 11.8 Å². The number of fused-ring (bicyclic) bond motifs is 5. The lowest BCUT2D eigenvalue weighted by atomic mass is 9.50. The molecular weight excluding hydrogens is 318 g/mol. The van der Waals surface area contributed by atoms with Crippen LogP contribution in [0, 0.1) is 22.2 Å². The summed E-state index contributed by atoms with van der Waals surface area (Å²) in [6.45, 7) is 2.33. The van der Waals surface area contributed by atoms with Gasteiger partial charge >= 0.3 is 0 Å². The molecule has 0 aliphatic heterocycles. The van der Waals surface area contributed by atoms with Crippen LogP contribution in [-0.4, -0.2) is 17.5 Å². The van der Waals surface area contributed by atoms with Crippen molar-refractivity contribution >= 4 is 17.4 Å². The largest absolute Gasteiger partial charge is 0.393 e. The van der Waals surface area contributed by atoms with Gasteiger partial charge in [-0.1, -0.05) is 13.3 Å². The van der Waals surface area contributed by atoms with Crippen LogP contribution in [0.3, 0.4) is 0 Å². The smallest absolute Gasteiger partial charge is 0.121 e. The first-order valence-corrected chi connectivity index (χ1v) is 10.5. The van der Waals surface area contributed by atoms with E-state index < -0.39 is 0 Å². The maximum absolute atomic E-state index is 11.1. The molecule has 24 heavy (non-hydrogen) atoms. The van der Waals surface area contributed by atoms with Crippen molar-refractivity contribution in [2.75, 3.05) is 6.26 Å². The molecule has 0 spiro atoms. The molecule has 5 atom stereocenters. The van der Waals surface area contributed by atoms with Gasteiger partial charge in [0.1, 0.15) is 5.69 Å². The van der Waals surface area contributed by atoms with Gasteiger partial charge in [0.25, 0.3) is 0 Å². The summed E-state index contributed by atoms with van der Waals surface area (Å²) < 4.78 is 0. The van der Waals surface area contributed by atoms with Gasteiger partial charge in [0.05, 0.1) is 6.10 Å². The van der Waals surface area contributed by atoms with Gasteiger partial charge in [-0.3, -0.25) is 0 Å². The minimum atomic E-state index is -0.123. The number of hydrogen-bond acceptors (Lipinski definition) is 4. The number of benzene rings is 1. The Kier molecular flexibility index (Phi) is 4.24. The molecule has 0 amide bonds. The molecule has 2 fully saturated rings. The zero-order valence-electron chi connectivity index (χ0n) is 14.6. The Hall–Kier alpha value is -0.870. The highest BCUT2D eigenvalue weighted by Gasteiger charge is 2.52. The Labute approximate surface area is 148 Å². The molecule has 1 aromatic rings. The first-order valence-electron chi connectivity index (χ1n) is 9.30. The molecule has 3 aliphatic rings. The molecule has 3 nitrogen and oxygen atoms in total. The number of thioether (sulfide) groups is 1. The van der Waals surface area contributed by atoms with Crippen LogP contribution in [-0.2, 0) is 6.42 Å². The summed E-state index contributed by atoms with van der Waals surface area (Å²) in [7, 11) is 0. The lowest BCUT2D eigenvalue weighted by molar-refractivity contribution is -0.0976.